The van der Waals surface area contributed by atoms with Crippen LogP contribution in [-0.2, 0) is 9.84 Å². The van der Waals surface area contributed by atoms with E-state index in [0.717, 1.165) is 5.56 Å². The molecule has 0 saturated heterocycles. The Kier molecular flexibility index (Phi) is 5.41. The van der Waals surface area contributed by atoms with E-state index >= 15 is 0 Å². The highest BCUT2D eigenvalue weighted by atomic mass is 32.2. The predicted octanol–water partition coefficient (Wildman–Crippen LogP) is 4.62. The summed E-state index contributed by atoms with van der Waals surface area (Å²) in [7, 11) is -4.18. The molecule has 0 atom stereocenters. The summed E-state index contributed by atoms with van der Waals surface area (Å²) >= 11 is 0. The molecule has 0 aliphatic rings. The van der Waals surface area contributed by atoms with Crippen molar-refractivity contribution in [3.05, 3.63) is 106 Å². The summed E-state index contributed by atoms with van der Waals surface area (Å²) in [6, 6.07) is 19.4. The van der Waals surface area contributed by atoms with Gasteiger partial charge < -0.3 is 4.52 Å². The molecular weight excluding hydrogens is 432 g/mol. The molecule has 0 fully saturated rings. The van der Waals surface area contributed by atoms with Crippen molar-refractivity contribution in [3.8, 4) is 11.3 Å². The van der Waals surface area contributed by atoms with Gasteiger partial charge in [0.1, 0.15) is 0 Å². The van der Waals surface area contributed by atoms with Crippen molar-refractivity contribution in [1.29, 1.82) is 0 Å². The maximum Gasteiger partial charge on any atom is 0.269 e. The first kappa shape index (κ1) is 21.1. The Bertz CT molecular complexity index is 1410. The van der Waals surface area contributed by atoms with Crippen LogP contribution in [0.3, 0.4) is 0 Å². The maximum atomic E-state index is 13.5. The predicted molar refractivity (Wildman–Crippen MR) is 115 cm³/mol. The van der Waals surface area contributed by atoms with Crippen LogP contribution in [0.15, 0.2) is 93.2 Å². The molecule has 4 aromatic rings. The zero-order valence-electron chi connectivity index (χ0n) is 16.8. The Morgan fingerprint density at radius 2 is 1.56 bits per heavy atom. The van der Waals surface area contributed by atoms with Crippen molar-refractivity contribution >= 4 is 21.3 Å². The summed E-state index contributed by atoms with van der Waals surface area (Å²) in [4.78, 5) is 23.1. The molecule has 0 bridgehead atoms. The molecule has 1 aromatic heterocycles. The van der Waals surface area contributed by atoms with Crippen LogP contribution in [0.5, 0.6) is 0 Å². The standard InChI is InChI=1S/C23H16N2O6S/c1-15-7-9-17(10-8-15)22-23(32(29,30)19-5-3-2-4-6-19)20(24-31-22)21(26)16-11-13-18(14-12-16)25(27)28/h2-14H,1H3. The van der Waals surface area contributed by atoms with Crippen LogP contribution < -0.4 is 0 Å². The van der Waals surface area contributed by atoms with Crippen molar-refractivity contribution < 1.29 is 22.7 Å². The van der Waals surface area contributed by atoms with Gasteiger partial charge in [-0.2, -0.15) is 0 Å². The Hall–Kier alpha value is -4.11. The molecule has 0 aliphatic heterocycles. The number of nitro groups is 1. The number of rotatable bonds is 6. The smallest absolute Gasteiger partial charge is 0.269 e. The highest BCUT2D eigenvalue weighted by molar-refractivity contribution is 7.91. The van der Waals surface area contributed by atoms with Gasteiger partial charge in [0.25, 0.3) is 5.69 Å². The van der Waals surface area contributed by atoms with Gasteiger partial charge in [-0.1, -0.05) is 53.2 Å². The van der Waals surface area contributed by atoms with E-state index in [1.54, 1.807) is 42.5 Å². The van der Waals surface area contributed by atoms with Gasteiger partial charge in [-0.15, -0.1) is 0 Å². The maximum absolute atomic E-state index is 13.5. The number of hydrogen-bond acceptors (Lipinski definition) is 7. The highest BCUT2D eigenvalue weighted by Gasteiger charge is 2.34. The highest BCUT2D eigenvalue weighted by Crippen LogP contribution is 2.35. The van der Waals surface area contributed by atoms with Gasteiger partial charge in [-0.05, 0) is 31.2 Å². The average molecular weight is 448 g/mol. The number of nitrogens with zero attached hydrogens (tertiary/aromatic N) is 2. The number of ketones is 1. The summed E-state index contributed by atoms with van der Waals surface area (Å²) in [6.45, 7) is 1.88. The molecule has 0 amide bonds. The van der Waals surface area contributed by atoms with Gasteiger partial charge in [0.15, 0.2) is 16.3 Å². The SMILES string of the molecule is Cc1ccc(-c2onc(C(=O)c3ccc([N+](=O)[O-])cc3)c2S(=O)(=O)c2ccccc2)cc1. The van der Waals surface area contributed by atoms with E-state index in [0.29, 0.717) is 5.56 Å². The fraction of sp³-hybridized carbons (Fsp3) is 0.0435. The zero-order valence-corrected chi connectivity index (χ0v) is 17.6. The van der Waals surface area contributed by atoms with E-state index in [1.807, 2.05) is 6.92 Å². The number of non-ortho nitro benzene ring substituents is 1. The number of nitro benzene ring substituents is 1. The third-order valence-corrected chi connectivity index (χ3v) is 6.65. The quantitative estimate of drug-likeness (QED) is 0.240. The van der Waals surface area contributed by atoms with Crippen LogP contribution >= 0.6 is 0 Å². The van der Waals surface area contributed by atoms with E-state index in [2.05, 4.69) is 5.16 Å². The normalized spacial score (nSPS) is 11.3. The van der Waals surface area contributed by atoms with Crippen LogP contribution in [0.25, 0.3) is 11.3 Å². The number of benzene rings is 3. The average Bonchev–Trinajstić information content (AvgIpc) is 3.26. The van der Waals surface area contributed by atoms with Crippen LogP contribution in [0.1, 0.15) is 21.6 Å². The first-order valence-electron chi connectivity index (χ1n) is 9.45. The lowest BCUT2D eigenvalue weighted by molar-refractivity contribution is -0.384. The van der Waals surface area contributed by atoms with E-state index < -0.39 is 26.2 Å². The lowest BCUT2D eigenvalue weighted by atomic mass is 10.1. The van der Waals surface area contributed by atoms with Gasteiger partial charge in [0, 0.05) is 23.3 Å². The van der Waals surface area contributed by atoms with Crippen LogP contribution in [0, 0.1) is 17.0 Å². The molecule has 4 rings (SSSR count). The second kappa shape index (κ2) is 8.20. The largest absolute Gasteiger partial charge is 0.354 e. The molecule has 0 radical (unpaired) electrons. The van der Waals surface area contributed by atoms with E-state index in [4.69, 9.17) is 4.52 Å². The van der Waals surface area contributed by atoms with Crippen LogP contribution in [-0.4, -0.2) is 24.3 Å². The molecule has 0 unspecified atom stereocenters. The topological polar surface area (TPSA) is 120 Å². The molecule has 0 saturated carbocycles. The van der Waals surface area contributed by atoms with Gasteiger partial charge in [-0.3, -0.25) is 14.9 Å². The number of aromatic nitrogens is 1. The minimum absolute atomic E-state index is 0.0192. The van der Waals surface area contributed by atoms with E-state index in [9.17, 15) is 23.3 Å². The van der Waals surface area contributed by atoms with Gasteiger partial charge in [0.05, 0.1) is 9.82 Å². The Morgan fingerprint density at radius 1 is 0.938 bits per heavy atom. The summed E-state index contributed by atoms with van der Waals surface area (Å²) in [6.07, 6.45) is 0. The van der Waals surface area contributed by atoms with Crippen molar-refractivity contribution in [2.24, 2.45) is 0 Å². The summed E-state index contributed by atoms with van der Waals surface area (Å²) in [5, 5.41) is 14.7. The fourth-order valence-electron chi connectivity index (χ4n) is 3.15. The number of sulfone groups is 1. The monoisotopic (exact) mass is 448 g/mol. The minimum Gasteiger partial charge on any atom is -0.354 e. The summed E-state index contributed by atoms with van der Waals surface area (Å²) in [5.41, 5.74) is 0.865. The Labute approximate surface area is 183 Å². The van der Waals surface area contributed by atoms with E-state index in [-0.39, 0.29) is 26.8 Å². The number of aryl methyl sites for hydroxylation is 1. The first-order valence-corrected chi connectivity index (χ1v) is 10.9. The zero-order chi connectivity index (χ0) is 22.9. The minimum atomic E-state index is -4.18. The van der Waals surface area contributed by atoms with Gasteiger partial charge >= 0.3 is 0 Å². The van der Waals surface area contributed by atoms with Crippen LogP contribution in [0.2, 0.25) is 0 Å². The number of hydrogen-bond donors (Lipinski definition) is 0. The molecular formula is C23H16N2O6S. The van der Waals surface area contributed by atoms with E-state index in [1.165, 1.54) is 36.4 Å². The van der Waals surface area contributed by atoms with Crippen molar-refractivity contribution in [2.45, 2.75) is 16.7 Å². The summed E-state index contributed by atoms with van der Waals surface area (Å²) < 4.78 is 32.4. The lowest BCUT2D eigenvalue weighted by Gasteiger charge is -2.07. The summed E-state index contributed by atoms with van der Waals surface area (Å²) in [5.74, 6) is -0.782. The van der Waals surface area contributed by atoms with Gasteiger partial charge in [0.2, 0.25) is 15.6 Å². The number of carbonyl (C=O) groups excluding carboxylic acids is 1. The third kappa shape index (κ3) is 3.81. The van der Waals surface area contributed by atoms with Crippen molar-refractivity contribution in [1.82, 2.24) is 5.16 Å². The molecule has 0 N–H and O–H groups in total. The molecule has 9 heteroatoms. The van der Waals surface area contributed by atoms with Crippen molar-refractivity contribution in [3.63, 3.8) is 0 Å². The molecule has 32 heavy (non-hydrogen) atoms. The Morgan fingerprint density at radius 3 is 2.16 bits per heavy atom. The molecule has 160 valence electrons. The third-order valence-electron chi connectivity index (χ3n) is 4.84. The van der Waals surface area contributed by atoms with Gasteiger partial charge in [-0.25, -0.2) is 8.42 Å². The fourth-order valence-corrected chi connectivity index (χ4v) is 4.69. The molecule has 1 heterocycles. The molecule has 8 nitrogen and oxygen atoms in total. The molecule has 0 aliphatic carbocycles. The second-order valence-corrected chi connectivity index (χ2v) is 8.89. The molecule has 0 spiro atoms. The van der Waals surface area contributed by atoms with Crippen LogP contribution in [0.4, 0.5) is 5.69 Å². The number of carbonyl (C=O) groups is 1. The lowest BCUT2D eigenvalue weighted by Crippen LogP contribution is -2.11. The first-order chi connectivity index (χ1) is 15.3. The second-order valence-electron chi connectivity index (χ2n) is 7.01. The molecule has 3 aromatic carbocycles. The Balaban J connectivity index is 1.91. The van der Waals surface area contributed by atoms with Crippen molar-refractivity contribution in [2.75, 3.05) is 0 Å².